The van der Waals surface area contributed by atoms with Crippen LogP contribution < -0.4 is 0 Å². The molecule has 0 atom stereocenters. The summed E-state index contributed by atoms with van der Waals surface area (Å²) in [6.45, 7) is 8.32. The zero-order valence-corrected chi connectivity index (χ0v) is 13.9. The van der Waals surface area contributed by atoms with Crippen LogP contribution in [0.2, 0.25) is 0 Å². The Balaban J connectivity index is 2.36. The van der Waals surface area contributed by atoms with Crippen molar-refractivity contribution in [2.24, 2.45) is 0 Å². The number of benzene rings is 2. The van der Waals surface area contributed by atoms with E-state index in [-0.39, 0.29) is 5.78 Å². The highest BCUT2D eigenvalue weighted by Gasteiger charge is 2.12. The predicted octanol–water partition coefficient (Wildman–Crippen LogP) is 5.42. The quantitative estimate of drug-likeness (QED) is 0.686. The van der Waals surface area contributed by atoms with Crippen molar-refractivity contribution in [2.45, 2.75) is 33.6 Å². The number of ketones is 1. The summed E-state index contributed by atoms with van der Waals surface area (Å²) in [4.78, 5) is 12.5. The van der Waals surface area contributed by atoms with E-state index in [2.05, 4.69) is 29.8 Å². The lowest BCUT2D eigenvalue weighted by molar-refractivity contribution is 0.103. The topological polar surface area (TPSA) is 17.1 Å². The van der Waals surface area contributed by atoms with Gasteiger partial charge in [0.05, 0.1) is 0 Å². The number of carbonyl (C=O) groups excluding carboxylic acids is 1. The number of carbonyl (C=O) groups is 1. The predicted molar refractivity (Wildman–Crippen MR) is 87.6 cm³/mol. The normalized spacial score (nSPS) is 10.9. The highest BCUT2D eigenvalue weighted by molar-refractivity contribution is 9.10. The summed E-state index contributed by atoms with van der Waals surface area (Å²) in [5.74, 6) is 0.565. The fourth-order valence-corrected chi connectivity index (χ4v) is 2.49. The van der Waals surface area contributed by atoms with E-state index in [4.69, 9.17) is 0 Å². The third-order valence-electron chi connectivity index (χ3n) is 3.54. The van der Waals surface area contributed by atoms with Gasteiger partial charge in [0.2, 0.25) is 0 Å². The summed E-state index contributed by atoms with van der Waals surface area (Å²) in [5, 5.41) is 0. The molecule has 0 saturated heterocycles. The minimum Gasteiger partial charge on any atom is -0.289 e. The molecule has 0 unspecified atom stereocenters. The maximum atomic E-state index is 12.5. The first-order valence-electron chi connectivity index (χ1n) is 6.81. The molecule has 0 amide bonds. The summed E-state index contributed by atoms with van der Waals surface area (Å²) in [6, 6.07) is 11.8. The second-order valence-corrected chi connectivity index (χ2v) is 6.32. The molecule has 0 N–H and O–H groups in total. The van der Waals surface area contributed by atoms with Gasteiger partial charge in [0.1, 0.15) is 0 Å². The molecule has 0 aliphatic carbocycles. The van der Waals surface area contributed by atoms with Crippen molar-refractivity contribution < 1.29 is 4.79 Å². The van der Waals surface area contributed by atoms with Gasteiger partial charge in [0.15, 0.2) is 5.78 Å². The Morgan fingerprint density at radius 1 is 0.950 bits per heavy atom. The molecule has 2 rings (SSSR count). The van der Waals surface area contributed by atoms with Crippen LogP contribution in [-0.2, 0) is 0 Å². The summed E-state index contributed by atoms with van der Waals surface area (Å²) in [6.07, 6.45) is 0. The van der Waals surface area contributed by atoms with E-state index >= 15 is 0 Å². The van der Waals surface area contributed by atoms with Gasteiger partial charge < -0.3 is 0 Å². The van der Waals surface area contributed by atoms with Crippen molar-refractivity contribution >= 4 is 21.7 Å². The Hall–Kier alpha value is -1.41. The molecule has 2 heteroatoms. The molecular weight excluding hydrogens is 312 g/mol. The van der Waals surface area contributed by atoms with Crippen LogP contribution in [0.25, 0.3) is 0 Å². The molecule has 1 nitrogen and oxygen atoms in total. The number of hydrogen-bond donors (Lipinski definition) is 0. The minimum absolute atomic E-state index is 0.0824. The Kier molecular flexibility index (Phi) is 4.44. The molecule has 0 radical (unpaired) electrons. The molecule has 0 bridgehead atoms. The first-order valence-corrected chi connectivity index (χ1v) is 7.61. The van der Waals surface area contributed by atoms with Crippen molar-refractivity contribution in [2.75, 3.05) is 0 Å². The Bertz CT molecular complexity index is 616. The van der Waals surface area contributed by atoms with Crippen LogP contribution in [-0.4, -0.2) is 5.78 Å². The monoisotopic (exact) mass is 330 g/mol. The van der Waals surface area contributed by atoms with Crippen LogP contribution in [0.15, 0.2) is 40.9 Å². The SMILES string of the molecule is Cc1cc(C(=O)c2ccc(C(C)C)cc2)cc(C)c1Br. The molecule has 104 valence electrons. The minimum atomic E-state index is 0.0824. The van der Waals surface area contributed by atoms with Crippen LogP contribution in [0.5, 0.6) is 0 Å². The van der Waals surface area contributed by atoms with Crippen molar-refractivity contribution in [3.63, 3.8) is 0 Å². The van der Waals surface area contributed by atoms with Crippen molar-refractivity contribution in [3.8, 4) is 0 Å². The van der Waals surface area contributed by atoms with E-state index in [1.807, 2.05) is 50.2 Å². The van der Waals surface area contributed by atoms with Gasteiger partial charge in [-0.25, -0.2) is 0 Å². The molecule has 0 aromatic heterocycles. The van der Waals surface area contributed by atoms with Gasteiger partial charge >= 0.3 is 0 Å². The molecule has 0 fully saturated rings. The Morgan fingerprint density at radius 3 is 1.90 bits per heavy atom. The van der Waals surface area contributed by atoms with Gasteiger partial charge in [-0.15, -0.1) is 0 Å². The van der Waals surface area contributed by atoms with Gasteiger partial charge in [-0.3, -0.25) is 4.79 Å². The Morgan fingerprint density at radius 2 is 1.45 bits per heavy atom. The van der Waals surface area contributed by atoms with E-state index in [9.17, 15) is 4.79 Å². The molecule has 2 aromatic rings. The summed E-state index contributed by atoms with van der Waals surface area (Å²) in [7, 11) is 0. The molecule has 20 heavy (non-hydrogen) atoms. The number of aryl methyl sites for hydroxylation is 2. The number of rotatable bonds is 3. The smallest absolute Gasteiger partial charge is 0.193 e. The average Bonchev–Trinajstić information content (AvgIpc) is 2.43. The van der Waals surface area contributed by atoms with Gasteiger partial charge in [0.25, 0.3) is 0 Å². The number of halogens is 1. The van der Waals surface area contributed by atoms with E-state index < -0.39 is 0 Å². The highest BCUT2D eigenvalue weighted by Crippen LogP contribution is 2.24. The summed E-state index contributed by atoms with van der Waals surface area (Å²) in [5.41, 5.74) is 4.93. The molecule has 2 aromatic carbocycles. The second-order valence-electron chi connectivity index (χ2n) is 5.53. The fraction of sp³-hybridized carbons (Fsp3) is 0.278. The second kappa shape index (κ2) is 5.92. The largest absolute Gasteiger partial charge is 0.289 e. The zero-order valence-electron chi connectivity index (χ0n) is 12.3. The van der Waals surface area contributed by atoms with Crippen LogP contribution in [0, 0.1) is 13.8 Å². The van der Waals surface area contributed by atoms with Gasteiger partial charge in [-0.05, 0) is 48.6 Å². The zero-order chi connectivity index (χ0) is 14.9. The lowest BCUT2D eigenvalue weighted by atomic mass is 9.96. The van der Waals surface area contributed by atoms with E-state index in [1.54, 1.807) is 0 Å². The van der Waals surface area contributed by atoms with Crippen LogP contribution in [0.1, 0.15) is 52.4 Å². The Labute approximate surface area is 129 Å². The summed E-state index contributed by atoms with van der Waals surface area (Å²) >= 11 is 3.53. The lowest BCUT2D eigenvalue weighted by Gasteiger charge is -2.09. The molecular formula is C18H19BrO. The lowest BCUT2D eigenvalue weighted by Crippen LogP contribution is -2.03. The molecule has 0 aliphatic heterocycles. The van der Waals surface area contributed by atoms with E-state index in [0.717, 1.165) is 26.7 Å². The first kappa shape index (κ1) is 15.0. The molecule has 0 heterocycles. The van der Waals surface area contributed by atoms with E-state index in [0.29, 0.717) is 5.92 Å². The summed E-state index contributed by atoms with van der Waals surface area (Å²) < 4.78 is 1.07. The molecule has 0 saturated carbocycles. The fourth-order valence-electron chi connectivity index (χ4n) is 2.26. The van der Waals surface area contributed by atoms with Crippen LogP contribution in [0.4, 0.5) is 0 Å². The van der Waals surface area contributed by atoms with Crippen molar-refractivity contribution in [3.05, 3.63) is 68.7 Å². The maximum absolute atomic E-state index is 12.5. The molecule has 0 spiro atoms. The standard InChI is InChI=1S/C18H19BrO/c1-11(2)14-5-7-15(8-6-14)18(20)16-9-12(3)17(19)13(4)10-16/h5-11H,1-4H3. The molecule has 0 aliphatic rings. The van der Waals surface area contributed by atoms with Crippen molar-refractivity contribution in [1.29, 1.82) is 0 Å². The van der Waals surface area contributed by atoms with Gasteiger partial charge in [0, 0.05) is 15.6 Å². The first-order chi connectivity index (χ1) is 9.40. The van der Waals surface area contributed by atoms with Gasteiger partial charge in [-0.1, -0.05) is 54.0 Å². The third-order valence-corrected chi connectivity index (χ3v) is 4.79. The van der Waals surface area contributed by atoms with Crippen molar-refractivity contribution in [1.82, 2.24) is 0 Å². The van der Waals surface area contributed by atoms with Crippen LogP contribution >= 0.6 is 15.9 Å². The maximum Gasteiger partial charge on any atom is 0.193 e. The average molecular weight is 331 g/mol. The van der Waals surface area contributed by atoms with Gasteiger partial charge in [-0.2, -0.15) is 0 Å². The highest BCUT2D eigenvalue weighted by atomic mass is 79.9. The van der Waals surface area contributed by atoms with E-state index in [1.165, 1.54) is 5.56 Å². The third kappa shape index (κ3) is 3.01. The number of hydrogen-bond acceptors (Lipinski definition) is 1. The van der Waals surface area contributed by atoms with Crippen LogP contribution in [0.3, 0.4) is 0 Å².